The number of hydrogen-bond acceptors (Lipinski definition) is 0. The van der Waals surface area contributed by atoms with E-state index in [2.05, 4.69) is 264 Å². The molecule has 0 aliphatic rings. The van der Waals surface area contributed by atoms with E-state index < -0.39 is 10.0 Å². The topological polar surface area (TPSA) is 9.86 Å². The summed E-state index contributed by atoms with van der Waals surface area (Å²) < 4.78 is 4.98. The third-order valence-electron chi connectivity index (χ3n) is 12.6. The lowest BCUT2D eigenvalue weighted by molar-refractivity contribution is 1.14. The van der Waals surface area contributed by atoms with Crippen LogP contribution in [0.2, 0.25) is 0 Å². The maximum atomic E-state index is 2.49. The molecule has 63 heavy (non-hydrogen) atoms. The molecule has 0 unspecified atom stereocenters. The van der Waals surface area contributed by atoms with Crippen LogP contribution in [0.15, 0.2) is 274 Å². The van der Waals surface area contributed by atoms with Crippen LogP contribution < -0.4 is 0 Å². The molecule has 2 aromatic heterocycles. The fraction of sp³-hybridized carbons (Fsp3) is 0. The summed E-state index contributed by atoms with van der Waals surface area (Å²) in [5.74, 6) is 0. The molecule has 10 aromatic carbocycles. The number of nitrogens with zero attached hydrogens (tertiary/aromatic N) is 2. The van der Waals surface area contributed by atoms with Gasteiger partial charge in [0, 0.05) is 46.8 Å². The van der Waals surface area contributed by atoms with Crippen LogP contribution in [0.1, 0.15) is 0 Å². The Morgan fingerprint density at radius 3 is 1.38 bits per heavy atom. The van der Waals surface area contributed by atoms with Gasteiger partial charge < -0.3 is 9.13 Å². The number of para-hydroxylation sites is 2. The smallest absolute Gasteiger partial charge is 0.0562 e. The second-order valence-corrected chi connectivity index (χ2v) is 19.2. The van der Waals surface area contributed by atoms with Gasteiger partial charge in [0.05, 0.1) is 27.8 Å². The van der Waals surface area contributed by atoms with E-state index in [4.69, 9.17) is 0 Å². The fourth-order valence-electron chi connectivity index (χ4n) is 9.98. The van der Waals surface area contributed by atoms with Gasteiger partial charge in [0.25, 0.3) is 0 Å². The first-order valence-corrected chi connectivity index (χ1v) is 23.2. The molecule has 0 fully saturated rings. The van der Waals surface area contributed by atoms with Crippen molar-refractivity contribution >= 4 is 53.6 Å². The molecule has 298 valence electrons. The third kappa shape index (κ3) is 5.89. The zero-order chi connectivity index (χ0) is 41.7. The van der Waals surface area contributed by atoms with Gasteiger partial charge in [0.1, 0.15) is 0 Å². The van der Waals surface area contributed by atoms with E-state index in [0.29, 0.717) is 0 Å². The van der Waals surface area contributed by atoms with Crippen LogP contribution in [0, 0.1) is 0 Å². The molecule has 0 N–H and O–H groups in total. The first kappa shape index (κ1) is 37.0. The maximum Gasteiger partial charge on any atom is 0.0562 e. The Balaban J connectivity index is 1.13. The Bertz CT molecular complexity index is 3570. The van der Waals surface area contributed by atoms with Crippen molar-refractivity contribution in [3.05, 3.63) is 255 Å². The quantitative estimate of drug-likeness (QED) is 0.144. The van der Waals surface area contributed by atoms with Gasteiger partial charge in [0.15, 0.2) is 0 Å². The van der Waals surface area contributed by atoms with Crippen molar-refractivity contribution in [2.75, 3.05) is 0 Å². The van der Waals surface area contributed by atoms with E-state index in [1.54, 1.807) is 0 Å². The normalized spacial score (nSPS) is 12.1. The van der Waals surface area contributed by atoms with Gasteiger partial charge in [-0.15, -0.1) is 10.0 Å². The lowest BCUT2D eigenvalue weighted by Crippen LogP contribution is -2.06. The van der Waals surface area contributed by atoms with E-state index in [9.17, 15) is 0 Å². The molecule has 2 nitrogen and oxygen atoms in total. The summed E-state index contributed by atoms with van der Waals surface area (Å²) in [4.78, 5) is 5.17. The van der Waals surface area contributed by atoms with Gasteiger partial charge in [-0.3, -0.25) is 0 Å². The summed E-state index contributed by atoms with van der Waals surface area (Å²) in [5, 5.41) is 4.97. The number of benzene rings is 10. The summed E-state index contributed by atoms with van der Waals surface area (Å²) in [7, 11) is -2.00. The minimum Gasteiger partial charge on any atom is -0.309 e. The molecule has 0 spiro atoms. The Morgan fingerprint density at radius 1 is 0.270 bits per heavy atom. The van der Waals surface area contributed by atoms with Crippen molar-refractivity contribution in [3.8, 4) is 33.6 Å². The van der Waals surface area contributed by atoms with Gasteiger partial charge in [-0.25, -0.2) is 0 Å². The molecular formula is C60H42N2S. The van der Waals surface area contributed by atoms with E-state index in [0.717, 1.165) is 5.69 Å². The average Bonchev–Trinajstić information content (AvgIpc) is 3.89. The molecule has 12 rings (SSSR count). The molecule has 0 atom stereocenters. The molecule has 0 radical (unpaired) electrons. The molecule has 0 aliphatic carbocycles. The van der Waals surface area contributed by atoms with Gasteiger partial charge >= 0.3 is 0 Å². The molecular weight excluding hydrogens is 781 g/mol. The van der Waals surface area contributed by atoms with Crippen LogP contribution in [0.25, 0.3) is 77.2 Å². The summed E-state index contributed by atoms with van der Waals surface area (Å²) >= 11 is 0. The maximum absolute atomic E-state index is 2.49. The van der Waals surface area contributed by atoms with Crippen LogP contribution in [-0.2, 0) is 0 Å². The number of rotatable bonds is 8. The van der Waals surface area contributed by atoms with Crippen molar-refractivity contribution in [3.63, 3.8) is 0 Å². The molecule has 2 heterocycles. The summed E-state index contributed by atoms with van der Waals surface area (Å²) in [5.41, 5.74) is 11.9. The van der Waals surface area contributed by atoms with Gasteiger partial charge in [0.2, 0.25) is 0 Å². The standard InChI is InChI=1S/C60H42N2S/c1-5-21-43(22-6-1)45-25-17-31-49(41-45)63(47-27-9-3-10-28-47,48-29-11-4-12-30-48)50-32-18-26-46(42-50)61-54-36-15-14-34-53(54)60-57(61)39-20-40-58(60)62-55-37-16-13-33-52(55)59-51(35-19-38-56(59)62)44-23-7-2-8-24-44/h1-42H. The highest BCUT2D eigenvalue weighted by Crippen LogP contribution is 2.73. The van der Waals surface area contributed by atoms with Crippen LogP contribution in [0.5, 0.6) is 0 Å². The Hall–Kier alpha value is -7.85. The first-order valence-electron chi connectivity index (χ1n) is 21.6. The molecule has 12 aromatic rings. The van der Waals surface area contributed by atoms with Crippen LogP contribution in [-0.4, -0.2) is 9.13 Å². The predicted molar refractivity (Wildman–Crippen MR) is 266 cm³/mol. The first-order chi connectivity index (χ1) is 31.3. The summed E-state index contributed by atoms with van der Waals surface area (Å²) in [6.07, 6.45) is 0. The van der Waals surface area contributed by atoms with E-state index in [1.807, 2.05) is 0 Å². The highest BCUT2D eigenvalue weighted by Gasteiger charge is 2.34. The molecule has 0 saturated heterocycles. The van der Waals surface area contributed by atoms with Crippen molar-refractivity contribution in [2.24, 2.45) is 0 Å². The summed E-state index contributed by atoms with van der Waals surface area (Å²) in [6.45, 7) is 0. The van der Waals surface area contributed by atoms with E-state index in [1.165, 1.54) is 91.1 Å². The third-order valence-corrected chi connectivity index (χ3v) is 16.5. The Morgan fingerprint density at radius 2 is 0.714 bits per heavy atom. The Kier molecular flexibility index (Phi) is 8.95. The van der Waals surface area contributed by atoms with Crippen molar-refractivity contribution in [1.29, 1.82) is 0 Å². The zero-order valence-electron chi connectivity index (χ0n) is 34.6. The highest BCUT2D eigenvalue weighted by atomic mass is 32.3. The molecule has 0 saturated carbocycles. The van der Waals surface area contributed by atoms with Crippen molar-refractivity contribution < 1.29 is 0 Å². The second kappa shape index (κ2) is 15.3. The second-order valence-electron chi connectivity index (χ2n) is 16.1. The number of fused-ring (bicyclic) bond motifs is 6. The van der Waals surface area contributed by atoms with Crippen molar-refractivity contribution in [2.45, 2.75) is 19.6 Å². The van der Waals surface area contributed by atoms with Gasteiger partial charge in [-0.1, -0.05) is 170 Å². The number of aromatic nitrogens is 2. The minimum absolute atomic E-state index is 1.13. The monoisotopic (exact) mass is 822 g/mol. The predicted octanol–water partition coefficient (Wildman–Crippen LogP) is 16.6. The lowest BCUT2D eigenvalue weighted by Gasteiger charge is -2.42. The molecule has 0 bridgehead atoms. The largest absolute Gasteiger partial charge is 0.309 e. The average molecular weight is 823 g/mol. The minimum atomic E-state index is -2.00. The van der Waals surface area contributed by atoms with Gasteiger partial charge in [-0.05, 0) is 107 Å². The molecule has 0 aliphatic heterocycles. The zero-order valence-corrected chi connectivity index (χ0v) is 35.4. The fourth-order valence-corrected chi connectivity index (χ4v) is 13.9. The molecule has 0 amide bonds. The lowest BCUT2D eigenvalue weighted by atomic mass is 9.99. The van der Waals surface area contributed by atoms with Crippen LogP contribution in [0.4, 0.5) is 0 Å². The van der Waals surface area contributed by atoms with Gasteiger partial charge in [-0.2, -0.15) is 0 Å². The van der Waals surface area contributed by atoms with Crippen LogP contribution in [0.3, 0.4) is 0 Å². The van der Waals surface area contributed by atoms with Crippen molar-refractivity contribution in [1.82, 2.24) is 9.13 Å². The van der Waals surface area contributed by atoms with E-state index >= 15 is 0 Å². The number of hydrogen-bond donors (Lipinski definition) is 0. The Labute approximate surface area is 368 Å². The SMILES string of the molecule is c1ccc(-c2cccc(S(c3ccccc3)(c3ccccc3)c3cccc(-n4c5ccccc5c5c(-n6c7ccccc7c7c(-c8ccccc8)cccc76)cccc54)c3)c2)cc1. The highest BCUT2D eigenvalue weighted by molar-refractivity contribution is 8.34. The molecule has 3 heteroatoms. The van der Waals surface area contributed by atoms with Crippen LogP contribution >= 0.6 is 10.0 Å². The van der Waals surface area contributed by atoms with E-state index in [-0.39, 0.29) is 0 Å². The summed E-state index contributed by atoms with van der Waals surface area (Å²) in [6, 6.07) is 93.9.